The van der Waals surface area contributed by atoms with E-state index in [1.54, 1.807) is 17.8 Å². The first-order valence-electron chi connectivity index (χ1n) is 10.7. The van der Waals surface area contributed by atoms with E-state index in [2.05, 4.69) is 32.7 Å². The van der Waals surface area contributed by atoms with E-state index >= 15 is 4.39 Å². The number of nitrogens with one attached hydrogen (secondary N) is 2. The van der Waals surface area contributed by atoms with Crippen LogP contribution in [-0.2, 0) is 7.05 Å². The summed E-state index contributed by atoms with van der Waals surface area (Å²) in [6.07, 6.45) is 5.69. The molecule has 1 aliphatic heterocycles. The third-order valence-corrected chi connectivity index (χ3v) is 8.01. The molecule has 2 aromatic heterocycles. The Morgan fingerprint density at radius 1 is 1.17 bits per heavy atom. The van der Waals surface area contributed by atoms with Gasteiger partial charge in [-0.05, 0) is 66.7 Å². The summed E-state index contributed by atoms with van der Waals surface area (Å²) in [6.45, 7) is 0. The van der Waals surface area contributed by atoms with Crippen LogP contribution in [0.3, 0.4) is 0 Å². The summed E-state index contributed by atoms with van der Waals surface area (Å²) >= 11 is 0. The number of nitrogens with zero attached hydrogens (tertiary/aromatic N) is 3. The van der Waals surface area contributed by atoms with Crippen LogP contribution in [-0.4, -0.2) is 20.0 Å². The van der Waals surface area contributed by atoms with E-state index in [0.29, 0.717) is 35.1 Å². The van der Waals surface area contributed by atoms with E-state index < -0.39 is 0 Å². The van der Waals surface area contributed by atoms with Gasteiger partial charge in [0.15, 0.2) is 5.82 Å². The SMILES string of the molecule is Cn1nc(N)c2cc([C@@H]3Nc4ccc5[nH]ncc5c4[C@H]4[C@@H]5CC[C@@H](C5)[C@H]43)c(F)cc21. The van der Waals surface area contributed by atoms with Crippen molar-refractivity contribution in [2.45, 2.75) is 31.2 Å². The average molecular weight is 402 g/mol. The molecule has 4 aromatic rings. The van der Waals surface area contributed by atoms with Crippen LogP contribution in [0.4, 0.5) is 15.9 Å². The number of benzene rings is 2. The number of aryl methyl sites for hydroxylation is 1. The lowest BCUT2D eigenvalue weighted by molar-refractivity contribution is 0.246. The summed E-state index contributed by atoms with van der Waals surface area (Å²) in [6, 6.07) is 7.64. The molecule has 3 heterocycles. The van der Waals surface area contributed by atoms with Crippen LogP contribution in [0, 0.1) is 23.6 Å². The third kappa shape index (κ3) is 1.98. The maximum Gasteiger partial charge on any atom is 0.153 e. The van der Waals surface area contributed by atoms with Gasteiger partial charge in [0.05, 0.1) is 23.3 Å². The normalized spacial score (nSPS) is 29.3. The van der Waals surface area contributed by atoms with Gasteiger partial charge in [-0.2, -0.15) is 10.2 Å². The van der Waals surface area contributed by atoms with Crippen molar-refractivity contribution in [3.05, 3.63) is 47.4 Å². The predicted octanol–water partition coefficient (Wildman–Crippen LogP) is 4.47. The lowest BCUT2D eigenvalue weighted by Gasteiger charge is -2.43. The highest BCUT2D eigenvalue weighted by Gasteiger charge is 2.54. The standard InChI is InChI=1S/C23H23FN6/c1-30-18-8-15(24)12(7-13(18)23(25)29-30)22-20-11-3-2-10(6-11)19(20)21-14-9-26-28-16(14)4-5-17(21)27-22/h4-5,7-11,19-20,22,27H,2-3,6H2,1H3,(H2,25,29)(H,26,28)/t10-,11+,19+,20-,22+/m1/s1. The first kappa shape index (κ1) is 16.7. The molecule has 30 heavy (non-hydrogen) atoms. The van der Waals surface area contributed by atoms with Crippen LogP contribution in [0.25, 0.3) is 21.8 Å². The summed E-state index contributed by atoms with van der Waals surface area (Å²) in [5.74, 6) is 2.37. The Kier molecular flexibility index (Phi) is 3.08. The molecular formula is C23H23FN6. The minimum atomic E-state index is -0.183. The fraction of sp³-hybridized carbons (Fsp3) is 0.391. The van der Waals surface area contributed by atoms with Crippen molar-refractivity contribution in [2.75, 3.05) is 11.1 Å². The number of aromatic amines is 1. The maximum absolute atomic E-state index is 15.4. The molecule has 152 valence electrons. The Bertz CT molecular complexity index is 1340. The highest BCUT2D eigenvalue weighted by atomic mass is 19.1. The van der Waals surface area contributed by atoms with E-state index in [4.69, 9.17) is 5.73 Å². The predicted molar refractivity (Wildman–Crippen MR) is 115 cm³/mol. The Morgan fingerprint density at radius 2 is 2.03 bits per heavy atom. The van der Waals surface area contributed by atoms with E-state index in [1.165, 1.54) is 30.2 Å². The number of nitrogen functional groups attached to an aromatic ring is 1. The van der Waals surface area contributed by atoms with Gasteiger partial charge in [-0.25, -0.2) is 4.39 Å². The summed E-state index contributed by atoms with van der Waals surface area (Å²) in [5.41, 5.74) is 11.1. The van der Waals surface area contributed by atoms with Crippen LogP contribution in [0.2, 0.25) is 0 Å². The van der Waals surface area contributed by atoms with Gasteiger partial charge in [-0.3, -0.25) is 9.78 Å². The topological polar surface area (TPSA) is 84.5 Å². The number of halogens is 1. The van der Waals surface area contributed by atoms with Crippen LogP contribution >= 0.6 is 0 Å². The molecule has 0 spiro atoms. The molecule has 7 rings (SSSR count). The molecule has 2 aromatic carbocycles. The monoisotopic (exact) mass is 402 g/mol. The van der Waals surface area contributed by atoms with Crippen molar-refractivity contribution in [1.82, 2.24) is 20.0 Å². The average Bonchev–Trinajstić information content (AvgIpc) is 3.51. The van der Waals surface area contributed by atoms with Gasteiger partial charge >= 0.3 is 0 Å². The van der Waals surface area contributed by atoms with Gasteiger partial charge in [-0.15, -0.1) is 0 Å². The summed E-state index contributed by atoms with van der Waals surface area (Å²) in [5, 5.41) is 17.4. The molecule has 2 saturated carbocycles. The molecule has 3 aliphatic rings. The number of H-pyrrole nitrogens is 1. The molecule has 4 N–H and O–H groups in total. The summed E-state index contributed by atoms with van der Waals surface area (Å²) in [4.78, 5) is 0. The smallest absolute Gasteiger partial charge is 0.153 e. The van der Waals surface area contributed by atoms with Crippen molar-refractivity contribution < 1.29 is 4.39 Å². The van der Waals surface area contributed by atoms with Gasteiger partial charge in [0.25, 0.3) is 0 Å². The lowest BCUT2D eigenvalue weighted by atomic mass is 9.67. The van der Waals surface area contributed by atoms with Gasteiger partial charge in [0.2, 0.25) is 0 Å². The van der Waals surface area contributed by atoms with Crippen molar-refractivity contribution in [1.29, 1.82) is 0 Å². The van der Waals surface area contributed by atoms with Crippen molar-refractivity contribution in [3.63, 3.8) is 0 Å². The zero-order valence-electron chi connectivity index (χ0n) is 16.7. The first-order valence-corrected chi connectivity index (χ1v) is 10.7. The van der Waals surface area contributed by atoms with Crippen LogP contribution in [0.15, 0.2) is 30.5 Å². The molecule has 6 nitrogen and oxygen atoms in total. The second kappa shape index (κ2) is 5.53. The molecule has 2 aliphatic carbocycles. The van der Waals surface area contributed by atoms with Crippen molar-refractivity contribution >= 4 is 33.3 Å². The number of nitrogens with two attached hydrogens (primary N) is 1. The van der Waals surface area contributed by atoms with E-state index in [1.807, 2.05) is 12.3 Å². The van der Waals surface area contributed by atoms with Crippen LogP contribution in [0.1, 0.15) is 42.3 Å². The Balaban J connectivity index is 1.45. The highest BCUT2D eigenvalue weighted by Crippen LogP contribution is 2.64. The Labute approximate surface area is 172 Å². The minimum Gasteiger partial charge on any atom is -0.382 e. The van der Waals surface area contributed by atoms with Crippen molar-refractivity contribution in [3.8, 4) is 0 Å². The zero-order valence-corrected chi connectivity index (χ0v) is 16.7. The van der Waals surface area contributed by atoms with E-state index in [9.17, 15) is 0 Å². The molecule has 0 saturated heterocycles. The fourth-order valence-corrected chi connectivity index (χ4v) is 6.88. The largest absolute Gasteiger partial charge is 0.382 e. The molecule has 0 unspecified atom stereocenters. The highest BCUT2D eigenvalue weighted by molar-refractivity contribution is 5.91. The second-order valence-electron chi connectivity index (χ2n) is 9.32. The summed E-state index contributed by atoms with van der Waals surface area (Å²) < 4.78 is 17.1. The summed E-state index contributed by atoms with van der Waals surface area (Å²) in [7, 11) is 1.80. The maximum atomic E-state index is 15.4. The minimum absolute atomic E-state index is 0.0637. The van der Waals surface area contributed by atoms with Gasteiger partial charge < -0.3 is 11.1 Å². The fourth-order valence-electron chi connectivity index (χ4n) is 6.88. The lowest BCUT2D eigenvalue weighted by Crippen LogP contribution is -2.36. The molecule has 2 bridgehead atoms. The molecular weight excluding hydrogens is 379 g/mol. The second-order valence-corrected chi connectivity index (χ2v) is 9.32. The first-order chi connectivity index (χ1) is 14.6. The Morgan fingerprint density at radius 3 is 2.93 bits per heavy atom. The quantitative estimate of drug-likeness (QED) is 0.439. The molecule has 2 fully saturated rings. The Hall–Kier alpha value is -3.09. The van der Waals surface area contributed by atoms with Gasteiger partial charge in [0.1, 0.15) is 5.82 Å². The number of fused-ring (bicyclic) bond motifs is 10. The van der Waals surface area contributed by atoms with E-state index in [-0.39, 0.29) is 11.9 Å². The number of anilines is 2. The molecule has 5 atom stereocenters. The van der Waals surface area contributed by atoms with Gasteiger partial charge in [-0.1, -0.05) is 0 Å². The number of aromatic nitrogens is 4. The number of hydrogen-bond acceptors (Lipinski definition) is 4. The van der Waals surface area contributed by atoms with Gasteiger partial charge in [0, 0.05) is 35.1 Å². The molecule has 0 radical (unpaired) electrons. The van der Waals surface area contributed by atoms with Crippen LogP contribution in [0.5, 0.6) is 0 Å². The van der Waals surface area contributed by atoms with Crippen molar-refractivity contribution in [2.24, 2.45) is 24.8 Å². The third-order valence-electron chi connectivity index (χ3n) is 8.01. The molecule has 7 heteroatoms. The zero-order chi connectivity index (χ0) is 20.1. The van der Waals surface area contributed by atoms with E-state index in [0.717, 1.165) is 22.1 Å². The van der Waals surface area contributed by atoms with Crippen LogP contribution < -0.4 is 11.1 Å². The molecule has 0 amide bonds. The number of hydrogen-bond donors (Lipinski definition) is 3. The number of rotatable bonds is 1.